The average Bonchev–Trinajstić information content (AvgIpc) is 1.98. The molecule has 0 rings (SSSR count). The summed E-state index contributed by atoms with van der Waals surface area (Å²) in [5, 5.41) is 2.83. The molecule has 0 aromatic carbocycles. The molecule has 0 aliphatic rings. The zero-order chi connectivity index (χ0) is 8.85. The smallest absolute Gasteiger partial charge is 0.123 e. The Labute approximate surface area is 68.0 Å². The van der Waals surface area contributed by atoms with Gasteiger partial charge in [0.05, 0.1) is 0 Å². The molecule has 0 saturated carbocycles. The monoisotopic (exact) mass is 157 g/mol. The standard InChI is InChI=1S/C9H16FN/c1-7(2)8(3)9(10)5-6-11-4/h5,7,11H,3,6H2,1-2,4H3/b9-5-. The van der Waals surface area contributed by atoms with Gasteiger partial charge in [-0.05, 0) is 24.6 Å². The summed E-state index contributed by atoms with van der Waals surface area (Å²) >= 11 is 0. The van der Waals surface area contributed by atoms with Crippen LogP contribution in [0, 0.1) is 5.92 Å². The molecule has 0 aliphatic heterocycles. The van der Waals surface area contributed by atoms with E-state index in [1.807, 2.05) is 13.8 Å². The van der Waals surface area contributed by atoms with Crippen LogP contribution in [0.3, 0.4) is 0 Å². The molecular weight excluding hydrogens is 141 g/mol. The average molecular weight is 157 g/mol. The van der Waals surface area contributed by atoms with Crippen LogP contribution in [-0.2, 0) is 0 Å². The molecule has 0 amide bonds. The first-order valence-corrected chi connectivity index (χ1v) is 3.79. The molecule has 1 nitrogen and oxygen atoms in total. The van der Waals surface area contributed by atoms with Crippen LogP contribution in [0.2, 0.25) is 0 Å². The van der Waals surface area contributed by atoms with Gasteiger partial charge in [0.25, 0.3) is 0 Å². The fraction of sp³-hybridized carbons (Fsp3) is 0.556. The number of hydrogen-bond donors (Lipinski definition) is 1. The number of halogens is 1. The van der Waals surface area contributed by atoms with Gasteiger partial charge in [-0.3, -0.25) is 0 Å². The highest BCUT2D eigenvalue weighted by atomic mass is 19.1. The lowest BCUT2D eigenvalue weighted by Crippen LogP contribution is -2.05. The summed E-state index contributed by atoms with van der Waals surface area (Å²) in [5.74, 6) is -0.0162. The Morgan fingerprint density at radius 2 is 2.18 bits per heavy atom. The van der Waals surface area contributed by atoms with Gasteiger partial charge in [-0.2, -0.15) is 0 Å². The van der Waals surface area contributed by atoms with E-state index in [-0.39, 0.29) is 11.7 Å². The number of nitrogens with one attached hydrogen (secondary N) is 1. The Morgan fingerprint density at radius 1 is 1.64 bits per heavy atom. The molecule has 0 radical (unpaired) electrons. The Morgan fingerprint density at radius 3 is 2.55 bits per heavy atom. The molecule has 1 N–H and O–H groups in total. The number of likely N-dealkylation sites (N-methyl/N-ethyl adjacent to an activating group) is 1. The number of hydrogen-bond acceptors (Lipinski definition) is 1. The van der Waals surface area contributed by atoms with Crippen molar-refractivity contribution < 1.29 is 4.39 Å². The first-order valence-electron chi connectivity index (χ1n) is 3.79. The molecule has 0 heterocycles. The molecule has 64 valence electrons. The first kappa shape index (κ1) is 10.4. The molecular formula is C9H16FN. The second-order valence-electron chi connectivity index (χ2n) is 2.79. The van der Waals surface area contributed by atoms with Gasteiger partial charge in [0.1, 0.15) is 5.83 Å². The van der Waals surface area contributed by atoms with E-state index in [4.69, 9.17) is 0 Å². The van der Waals surface area contributed by atoms with Gasteiger partial charge in [0, 0.05) is 6.54 Å². The highest BCUT2D eigenvalue weighted by molar-refractivity contribution is 5.23. The zero-order valence-corrected chi connectivity index (χ0v) is 7.45. The van der Waals surface area contributed by atoms with Gasteiger partial charge in [-0.15, -0.1) is 0 Å². The Bertz CT molecular complexity index is 159. The lowest BCUT2D eigenvalue weighted by atomic mass is 10.0. The maximum atomic E-state index is 13.0. The first-order chi connectivity index (χ1) is 5.09. The highest BCUT2D eigenvalue weighted by Crippen LogP contribution is 2.17. The number of rotatable bonds is 4. The molecule has 0 aliphatic carbocycles. The van der Waals surface area contributed by atoms with Crippen molar-refractivity contribution in [3.8, 4) is 0 Å². The molecule has 0 fully saturated rings. The molecule has 0 atom stereocenters. The second kappa shape index (κ2) is 5.08. The third kappa shape index (κ3) is 3.94. The largest absolute Gasteiger partial charge is 0.316 e. The van der Waals surface area contributed by atoms with Crippen molar-refractivity contribution >= 4 is 0 Å². The van der Waals surface area contributed by atoms with Gasteiger partial charge in [0.2, 0.25) is 0 Å². The quantitative estimate of drug-likeness (QED) is 0.617. The topological polar surface area (TPSA) is 12.0 Å². The summed E-state index contributed by atoms with van der Waals surface area (Å²) in [7, 11) is 1.78. The predicted octanol–water partition coefficient (Wildman–Crippen LogP) is 2.27. The van der Waals surface area contributed by atoms with Crippen LogP contribution < -0.4 is 5.32 Å². The van der Waals surface area contributed by atoms with Crippen LogP contribution in [0.1, 0.15) is 13.8 Å². The van der Waals surface area contributed by atoms with E-state index in [9.17, 15) is 4.39 Å². The SMILES string of the molecule is C=C(/C(F)=C/CNC)C(C)C. The van der Waals surface area contributed by atoms with Crippen LogP contribution >= 0.6 is 0 Å². The van der Waals surface area contributed by atoms with E-state index in [1.54, 1.807) is 7.05 Å². The van der Waals surface area contributed by atoms with Gasteiger partial charge < -0.3 is 5.32 Å². The fourth-order valence-electron chi connectivity index (χ4n) is 0.599. The summed E-state index contributed by atoms with van der Waals surface area (Å²) in [4.78, 5) is 0. The Balaban J connectivity index is 4.01. The van der Waals surface area contributed by atoms with Gasteiger partial charge in [-0.1, -0.05) is 20.4 Å². The van der Waals surface area contributed by atoms with Crippen LogP contribution in [0.15, 0.2) is 24.1 Å². The van der Waals surface area contributed by atoms with Crippen molar-refractivity contribution in [3.63, 3.8) is 0 Å². The zero-order valence-electron chi connectivity index (χ0n) is 7.45. The van der Waals surface area contributed by atoms with Crippen molar-refractivity contribution in [1.82, 2.24) is 5.32 Å². The van der Waals surface area contributed by atoms with Gasteiger partial charge in [-0.25, -0.2) is 4.39 Å². The summed E-state index contributed by atoms with van der Waals surface area (Å²) in [6, 6.07) is 0. The minimum absolute atomic E-state index is 0.183. The van der Waals surface area contributed by atoms with Crippen molar-refractivity contribution in [2.75, 3.05) is 13.6 Å². The third-order valence-electron chi connectivity index (χ3n) is 1.49. The van der Waals surface area contributed by atoms with Crippen molar-refractivity contribution in [1.29, 1.82) is 0 Å². The van der Waals surface area contributed by atoms with Crippen LogP contribution in [-0.4, -0.2) is 13.6 Å². The maximum Gasteiger partial charge on any atom is 0.123 e. The van der Waals surface area contributed by atoms with Gasteiger partial charge in [0.15, 0.2) is 0 Å². The lowest BCUT2D eigenvalue weighted by molar-refractivity contribution is 0.604. The minimum Gasteiger partial charge on any atom is -0.316 e. The van der Waals surface area contributed by atoms with E-state index < -0.39 is 0 Å². The lowest BCUT2D eigenvalue weighted by Gasteiger charge is -2.05. The predicted molar refractivity (Wildman–Crippen MR) is 47.1 cm³/mol. The molecule has 0 aromatic rings. The maximum absolute atomic E-state index is 13.0. The third-order valence-corrected chi connectivity index (χ3v) is 1.49. The van der Waals surface area contributed by atoms with Crippen molar-refractivity contribution in [2.24, 2.45) is 5.92 Å². The van der Waals surface area contributed by atoms with Crippen LogP contribution in [0.5, 0.6) is 0 Å². The Hall–Kier alpha value is -0.630. The minimum atomic E-state index is -0.200. The molecule has 0 unspecified atom stereocenters. The summed E-state index contributed by atoms with van der Waals surface area (Å²) in [5.41, 5.74) is 0.570. The molecule has 11 heavy (non-hydrogen) atoms. The molecule has 0 aromatic heterocycles. The van der Waals surface area contributed by atoms with E-state index in [1.165, 1.54) is 6.08 Å². The fourth-order valence-corrected chi connectivity index (χ4v) is 0.599. The van der Waals surface area contributed by atoms with E-state index in [2.05, 4.69) is 11.9 Å². The normalized spacial score (nSPS) is 12.3. The van der Waals surface area contributed by atoms with E-state index in [0.29, 0.717) is 12.1 Å². The van der Waals surface area contributed by atoms with E-state index >= 15 is 0 Å². The second-order valence-corrected chi connectivity index (χ2v) is 2.79. The van der Waals surface area contributed by atoms with Crippen LogP contribution in [0.4, 0.5) is 4.39 Å². The van der Waals surface area contributed by atoms with E-state index in [0.717, 1.165) is 0 Å². The number of allylic oxidation sites excluding steroid dienone is 2. The molecule has 0 bridgehead atoms. The van der Waals surface area contributed by atoms with Crippen LogP contribution in [0.25, 0.3) is 0 Å². The molecule has 0 spiro atoms. The summed E-state index contributed by atoms with van der Waals surface area (Å²) in [6.45, 7) is 8.04. The van der Waals surface area contributed by atoms with Crippen molar-refractivity contribution in [2.45, 2.75) is 13.8 Å². The summed E-state index contributed by atoms with van der Waals surface area (Å²) < 4.78 is 13.0. The molecule has 2 heteroatoms. The molecule has 0 saturated heterocycles. The van der Waals surface area contributed by atoms with Gasteiger partial charge >= 0.3 is 0 Å². The highest BCUT2D eigenvalue weighted by Gasteiger charge is 2.04. The summed E-state index contributed by atoms with van der Waals surface area (Å²) in [6.07, 6.45) is 1.50. The Kier molecular flexibility index (Phi) is 4.79. The van der Waals surface area contributed by atoms with Crippen molar-refractivity contribution in [3.05, 3.63) is 24.1 Å².